The highest BCUT2D eigenvalue weighted by Gasteiger charge is 2.24. The Balaban J connectivity index is 2.38. The van der Waals surface area contributed by atoms with Gasteiger partial charge < -0.3 is 25.0 Å². The van der Waals surface area contributed by atoms with Crippen LogP contribution >= 0.6 is 0 Å². The Morgan fingerprint density at radius 3 is 2.80 bits per heavy atom. The number of amides is 2. The fourth-order valence-electron chi connectivity index (χ4n) is 2.38. The van der Waals surface area contributed by atoms with Crippen molar-refractivity contribution in [3.63, 3.8) is 0 Å². The third-order valence-corrected chi connectivity index (χ3v) is 3.68. The highest BCUT2D eigenvalue weighted by molar-refractivity contribution is 5.74. The standard InChI is InChI=1S/C13H25N3O4/c1-15-6-4-5-10(9-15)16(2)13(19)14-8-11(20-3)7-12(17)18/h10-11H,4-9H2,1-3H3,(H,14,19)(H,17,18). The summed E-state index contributed by atoms with van der Waals surface area (Å²) in [5.74, 6) is -0.937. The van der Waals surface area contributed by atoms with E-state index in [1.54, 1.807) is 11.9 Å². The summed E-state index contributed by atoms with van der Waals surface area (Å²) in [4.78, 5) is 26.6. The Bertz CT molecular complexity index is 338. The van der Waals surface area contributed by atoms with Gasteiger partial charge in [0.2, 0.25) is 0 Å². The molecule has 2 N–H and O–H groups in total. The van der Waals surface area contributed by atoms with Crippen LogP contribution in [0.2, 0.25) is 0 Å². The number of likely N-dealkylation sites (tertiary alicyclic amines) is 1. The zero-order chi connectivity index (χ0) is 15.1. The summed E-state index contributed by atoms with van der Waals surface area (Å²) < 4.78 is 5.03. The number of aliphatic carboxylic acids is 1. The van der Waals surface area contributed by atoms with E-state index in [1.807, 2.05) is 7.05 Å². The maximum absolute atomic E-state index is 12.0. The van der Waals surface area contributed by atoms with Gasteiger partial charge in [0, 0.05) is 33.3 Å². The third kappa shape index (κ3) is 5.34. The summed E-state index contributed by atoms with van der Waals surface area (Å²) in [5.41, 5.74) is 0. The van der Waals surface area contributed by atoms with Gasteiger partial charge in [-0.05, 0) is 26.4 Å². The highest BCUT2D eigenvalue weighted by Crippen LogP contribution is 2.13. The van der Waals surface area contributed by atoms with E-state index in [1.165, 1.54) is 7.11 Å². The molecule has 0 saturated carbocycles. The quantitative estimate of drug-likeness (QED) is 0.730. The monoisotopic (exact) mass is 287 g/mol. The lowest BCUT2D eigenvalue weighted by atomic mass is 10.1. The summed E-state index contributed by atoms with van der Waals surface area (Å²) >= 11 is 0. The fourth-order valence-corrected chi connectivity index (χ4v) is 2.38. The van der Waals surface area contributed by atoms with Crippen molar-refractivity contribution < 1.29 is 19.4 Å². The lowest BCUT2D eigenvalue weighted by Gasteiger charge is -2.36. The van der Waals surface area contributed by atoms with Gasteiger partial charge in [0.15, 0.2) is 0 Å². The first kappa shape index (κ1) is 16.7. The van der Waals surface area contributed by atoms with Gasteiger partial charge in [-0.3, -0.25) is 4.79 Å². The van der Waals surface area contributed by atoms with Crippen molar-refractivity contribution in [3.8, 4) is 0 Å². The summed E-state index contributed by atoms with van der Waals surface area (Å²) in [5, 5.41) is 11.4. The average molecular weight is 287 g/mol. The second kappa shape index (κ2) is 8.06. The summed E-state index contributed by atoms with van der Waals surface area (Å²) in [7, 11) is 5.27. The average Bonchev–Trinajstić information content (AvgIpc) is 2.41. The van der Waals surface area contributed by atoms with Crippen LogP contribution in [0.15, 0.2) is 0 Å². The first-order chi connectivity index (χ1) is 9.43. The predicted molar refractivity (Wildman–Crippen MR) is 74.7 cm³/mol. The van der Waals surface area contributed by atoms with E-state index in [0.717, 1.165) is 25.9 Å². The molecular weight excluding hydrogens is 262 g/mol. The van der Waals surface area contributed by atoms with Gasteiger partial charge in [-0.1, -0.05) is 0 Å². The van der Waals surface area contributed by atoms with Gasteiger partial charge in [-0.2, -0.15) is 0 Å². The zero-order valence-electron chi connectivity index (χ0n) is 12.5. The van der Waals surface area contributed by atoms with Gasteiger partial charge >= 0.3 is 12.0 Å². The third-order valence-electron chi connectivity index (χ3n) is 3.68. The number of piperidine rings is 1. The Morgan fingerprint density at radius 1 is 1.55 bits per heavy atom. The molecular formula is C13H25N3O4. The van der Waals surface area contributed by atoms with Crippen LogP contribution in [0.4, 0.5) is 4.79 Å². The van der Waals surface area contributed by atoms with Crippen LogP contribution in [-0.2, 0) is 9.53 Å². The topological polar surface area (TPSA) is 82.1 Å². The Kier molecular flexibility index (Phi) is 6.74. The molecule has 20 heavy (non-hydrogen) atoms. The van der Waals surface area contributed by atoms with Crippen LogP contribution in [0, 0.1) is 0 Å². The minimum Gasteiger partial charge on any atom is -0.481 e. The van der Waals surface area contributed by atoms with Crippen molar-refractivity contribution >= 4 is 12.0 Å². The van der Waals surface area contributed by atoms with Gasteiger partial charge in [-0.15, -0.1) is 0 Å². The molecule has 1 aliphatic rings. The molecule has 1 heterocycles. The van der Waals surface area contributed by atoms with Crippen molar-refractivity contribution in [2.75, 3.05) is 40.8 Å². The van der Waals surface area contributed by atoms with E-state index < -0.39 is 12.1 Å². The number of hydrogen-bond acceptors (Lipinski definition) is 4. The lowest BCUT2D eigenvalue weighted by Crippen LogP contribution is -2.51. The predicted octanol–water partition coefficient (Wildman–Crippen LogP) is 0.212. The number of carbonyl (C=O) groups is 2. The summed E-state index contributed by atoms with van der Waals surface area (Å²) in [6.45, 7) is 2.14. The molecule has 0 bridgehead atoms. The van der Waals surface area contributed by atoms with Crippen molar-refractivity contribution in [2.24, 2.45) is 0 Å². The molecule has 2 unspecified atom stereocenters. The maximum Gasteiger partial charge on any atom is 0.317 e. The largest absolute Gasteiger partial charge is 0.481 e. The van der Waals surface area contributed by atoms with E-state index in [0.29, 0.717) is 0 Å². The van der Waals surface area contributed by atoms with Crippen LogP contribution in [-0.4, -0.2) is 79.9 Å². The molecule has 2 amide bonds. The van der Waals surface area contributed by atoms with E-state index in [-0.39, 0.29) is 25.0 Å². The number of rotatable bonds is 6. The van der Waals surface area contributed by atoms with E-state index >= 15 is 0 Å². The molecule has 1 aliphatic heterocycles. The number of carbonyl (C=O) groups excluding carboxylic acids is 1. The lowest BCUT2D eigenvalue weighted by molar-refractivity contribution is -0.139. The Morgan fingerprint density at radius 2 is 2.25 bits per heavy atom. The van der Waals surface area contributed by atoms with Gasteiger partial charge in [0.05, 0.1) is 12.5 Å². The number of urea groups is 1. The number of ether oxygens (including phenoxy) is 1. The number of likely N-dealkylation sites (N-methyl/N-ethyl adjacent to an activating group) is 2. The SMILES string of the molecule is COC(CNC(=O)N(C)C1CCCN(C)C1)CC(=O)O. The molecule has 0 aromatic rings. The smallest absolute Gasteiger partial charge is 0.317 e. The molecule has 0 radical (unpaired) electrons. The normalized spacial score (nSPS) is 21.2. The first-order valence-electron chi connectivity index (χ1n) is 6.87. The van der Waals surface area contributed by atoms with Gasteiger partial charge in [0.1, 0.15) is 0 Å². The zero-order valence-corrected chi connectivity index (χ0v) is 12.5. The molecule has 1 rings (SSSR count). The summed E-state index contributed by atoms with van der Waals surface area (Å²) in [6, 6.07) is 0.0203. The van der Waals surface area contributed by atoms with Gasteiger partial charge in [0.25, 0.3) is 0 Å². The molecule has 0 aromatic carbocycles. The minimum absolute atomic E-state index is 0.118. The van der Waals surface area contributed by atoms with E-state index in [2.05, 4.69) is 10.2 Å². The number of methoxy groups -OCH3 is 1. The van der Waals surface area contributed by atoms with E-state index in [4.69, 9.17) is 9.84 Å². The number of carboxylic acids is 1. The fraction of sp³-hybridized carbons (Fsp3) is 0.846. The first-order valence-corrected chi connectivity index (χ1v) is 6.87. The van der Waals surface area contributed by atoms with Gasteiger partial charge in [-0.25, -0.2) is 4.79 Å². The minimum atomic E-state index is -0.937. The van der Waals surface area contributed by atoms with Crippen LogP contribution in [0.5, 0.6) is 0 Å². The molecule has 7 heteroatoms. The summed E-state index contributed by atoms with van der Waals surface area (Å²) in [6.07, 6.45) is 1.46. The molecule has 7 nitrogen and oxygen atoms in total. The Hall–Kier alpha value is -1.34. The molecule has 2 atom stereocenters. The van der Waals surface area contributed by atoms with Crippen LogP contribution < -0.4 is 5.32 Å². The molecule has 1 fully saturated rings. The molecule has 1 saturated heterocycles. The van der Waals surface area contributed by atoms with Crippen molar-refractivity contribution in [1.29, 1.82) is 0 Å². The molecule has 0 aliphatic carbocycles. The van der Waals surface area contributed by atoms with E-state index in [9.17, 15) is 9.59 Å². The van der Waals surface area contributed by atoms with Crippen molar-refractivity contribution in [2.45, 2.75) is 31.4 Å². The highest BCUT2D eigenvalue weighted by atomic mass is 16.5. The van der Waals surface area contributed by atoms with Crippen LogP contribution in [0.1, 0.15) is 19.3 Å². The van der Waals surface area contributed by atoms with Crippen molar-refractivity contribution in [3.05, 3.63) is 0 Å². The van der Waals surface area contributed by atoms with Crippen LogP contribution in [0.3, 0.4) is 0 Å². The maximum atomic E-state index is 12.0. The molecule has 0 spiro atoms. The second-order valence-electron chi connectivity index (χ2n) is 5.31. The van der Waals surface area contributed by atoms with Crippen molar-refractivity contribution in [1.82, 2.24) is 15.1 Å². The second-order valence-corrected chi connectivity index (χ2v) is 5.31. The Labute approximate surface area is 119 Å². The van der Waals surface area contributed by atoms with Crippen LogP contribution in [0.25, 0.3) is 0 Å². The number of carboxylic acid groups (broad SMARTS) is 1. The molecule has 0 aromatic heterocycles. The number of nitrogens with zero attached hydrogens (tertiary/aromatic N) is 2. The molecule has 116 valence electrons. The number of nitrogens with one attached hydrogen (secondary N) is 1. The number of hydrogen-bond donors (Lipinski definition) is 2.